The maximum Gasteiger partial charge on any atom is 0.520 e. The maximum atomic E-state index is 10.5. The zero-order chi connectivity index (χ0) is 19.9. The molecule has 1 unspecified atom stereocenters. The van der Waals surface area contributed by atoms with Crippen molar-refractivity contribution < 1.29 is 14.6 Å². The van der Waals surface area contributed by atoms with Crippen LogP contribution in [0, 0.1) is 58.4 Å². The molecule has 8 atom stereocenters. The van der Waals surface area contributed by atoms with Crippen LogP contribution in [0.3, 0.4) is 0 Å². The molecule has 4 fully saturated rings. The molecular formula is C25H38O3. The highest BCUT2D eigenvalue weighted by Gasteiger charge is 2.60. The van der Waals surface area contributed by atoms with Crippen molar-refractivity contribution in [2.45, 2.75) is 91.4 Å². The average molecular weight is 387 g/mol. The van der Waals surface area contributed by atoms with E-state index in [0.717, 1.165) is 36.0 Å². The molecule has 0 radical (unpaired) electrons. The van der Waals surface area contributed by atoms with Crippen LogP contribution in [0.2, 0.25) is 0 Å². The minimum atomic E-state index is -1.31. The van der Waals surface area contributed by atoms with E-state index in [-0.39, 0.29) is 0 Å². The van der Waals surface area contributed by atoms with Crippen molar-refractivity contribution in [3.63, 3.8) is 0 Å². The van der Waals surface area contributed by atoms with Crippen LogP contribution in [0.15, 0.2) is 0 Å². The van der Waals surface area contributed by atoms with Crippen molar-refractivity contribution in [2.24, 2.45) is 46.3 Å². The Morgan fingerprint density at radius 3 is 2.61 bits per heavy atom. The Morgan fingerprint density at radius 2 is 1.82 bits per heavy atom. The standard InChI is InChI=1S/C25H38O3/c1-17(7-6-16-28-23(26)27)20-11-12-21-19-10-9-18-8-4-5-14-24(18,2)22(19)13-15-25(20,21)3/h17-22H,4-5,7-15H2,1-3H3,(H,26,27)/t17-,18?,19+,20-,21+,22+,24+,25-/m1/s1. The minimum absolute atomic E-state index is 0.452. The number of ether oxygens (including phenoxy) is 1. The Hall–Kier alpha value is -1.17. The van der Waals surface area contributed by atoms with Crippen LogP contribution in [0.4, 0.5) is 4.79 Å². The largest absolute Gasteiger partial charge is 0.520 e. The highest BCUT2D eigenvalue weighted by molar-refractivity contribution is 5.58. The van der Waals surface area contributed by atoms with Gasteiger partial charge in [-0.3, -0.25) is 0 Å². The molecule has 3 heteroatoms. The van der Waals surface area contributed by atoms with Crippen LogP contribution >= 0.6 is 0 Å². The molecule has 4 aliphatic rings. The van der Waals surface area contributed by atoms with Gasteiger partial charge in [-0.2, -0.15) is 0 Å². The van der Waals surface area contributed by atoms with Gasteiger partial charge in [0.2, 0.25) is 0 Å². The second-order valence-electron chi connectivity index (χ2n) is 11.0. The molecule has 0 aromatic rings. The van der Waals surface area contributed by atoms with Crippen LogP contribution in [0.1, 0.15) is 91.4 Å². The molecule has 3 nitrogen and oxygen atoms in total. The average Bonchev–Trinajstić information content (AvgIpc) is 3.01. The predicted octanol–water partition coefficient (Wildman–Crippen LogP) is 6.72. The van der Waals surface area contributed by atoms with Gasteiger partial charge in [-0.25, -0.2) is 4.79 Å². The summed E-state index contributed by atoms with van der Waals surface area (Å²) in [6.07, 6.45) is 16.2. The first-order chi connectivity index (χ1) is 13.4. The Bertz CT molecular complexity index is 660. The molecule has 0 aromatic heterocycles. The summed E-state index contributed by atoms with van der Waals surface area (Å²) < 4.78 is 4.37. The molecule has 0 aliphatic heterocycles. The molecule has 0 spiro atoms. The predicted molar refractivity (Wildman–Crippen MR) is 111 cm³/mol. The molecule has 4 rings (SSSR count). The van der Waals surface area contributed by atoms with Gasteiger partial charge in [0.25, 0.3) is 0 Å². The first-order valence-corrected chi connectivity index (χ1v) is 11.7. The van der Waals surface area contributed by atoms with E-state index in [4.69, 9.17) is 5.11 Å². The van der Waals surface area contributed by atoms with Gasteiger partial charge in [-0.15, -0.1) is 0 Å². The summed E-state index contributed by atoms with van der Waals surface area (Å²) in [4.78, 5) is 10.5. The molecule has 0 aromatic carbocycles. The lowest BCUT2D eigenvalue weighted by molar-refractivity contribution is -0.114. The van der Waals surface area contributed by atoms with E-state index in [0.29, 0.717) is 16.7 Å². The third-order valence-corrected chi connectivity index (χ3v) is 9.98. The number of rotatable bonds is 2. The third-order valence-electron chi connectivity index (χ3n) is 9.98. The van der Waals surface area contributed by atoms with Crippen molar-refractivity contribution >= 4 is 6.16 Å². The van der Waals surface area contributed by atoms with Crippen LogP contribution in [-0.2, 0) is 4.74 Å². The molecule has 0 bridgehead atoms. The van der Waals surface area contributed by atoms with Gasteiger partial charge in [0.1, 0.15) is 6.11 Å². The van der Waals surface area contributed by atoms with E-state index in [1.165, 1.54) is 64.2 Å². The molecule has 1 N–H and O–H groups in total. The summed E-state index contributed by atoms with van der Waals surface area (Å²) in [5, 5.41) is 8.57. The van der Waals surface area contributed by atoms with Gasteiger partial charge < -0.3 is 9.84 Å². The Morgan fingerprint density at radius 1 is 1.04 bits per heavy atom. The van der Waals surface area contributed by atoms with Gasteiger partial charge in [-0.1, -0.05) is 39.5 Å². The van der Waals surface area contributed by atoms with E-state index in [2.05, 4.69) is 37.5 Å². The summed E-state index contributed by atoms with van der Waals surface area (Å²) in [6, 6.07) is 0. The summed E-state index contributed by atoms with van der Waals surface area (Å²) in [7, 11) is 0. The van der Waals surface area contributed by atoms with E-state index in [9.17, 15) is 4.79 Å². The highest BCUT2D eigenvalue weighted by Crippen LogP contribution is 2.68. The summed E-state index contributed by atoms with van der Waals surface area (Å²) >= 11 is 0. The highest BCUT2D eigenvalue weighted by atomic mass is 16.7. The van der Waals surface area contributed by atoms with Crippen molar-refractivity contribution in [2.75, 3.05) is 0 Å². The van der Waals surface area contributed by atoms with Gasteiger partial charge in [0.05, 0.1) is 0 Å². The zero-order valence-electron chi connectivity index (χ0n) is 18.0. The van der Waals surface area contributed by atoms with Gasteiger partial charge >= 0.3 is 6.16 Å². The van der Waals surface area contributed by atoms with Crippen molar-refractivity contribution in [1.82, 2.24) is 0 Å². The number of carboxylic acid groups (broad SMARTS) is 1. The quantitative estimate of drug-likeness (QED) is 0.423. The molecule has 28 heavy (non-hydrogen) atoms. The Balaban J connectivity index is 1.47. The van der Waals surface area contributed by atoms with E-state index < -0.39 is 6.16 Å². The van der Waals surface area contributed by atoms with Crippen LogP contribution < -0.4 is 0 Å². The van der Waals surface area contributed by atoms with Crippen LogP contribution in [0.5, 0.6) is 0 Å². The molecular weight excluding hydrogens is 348 g/mol. The van der Waals surface area contributed by atoms with E-state index >= 15 is 0 Å². The summed E-state index contributed by atoms with van der Waals surface area (Å²) in [5.41, 5.74) is 1.07. The lowest BCUT2D eigenvalue weighted by atomic mass is 9.44. The normalized spacial score (nSPS) is 45.6. The molecule has 4 saturated carbocycles. The smallest absolute Gasteiger partial charge is 0.449 e. The molecule has 0 heterocycles. The number of hydrogen-bond donors (Lipinski definition) is 1. The van der Waals surface area contributed by atoms with Crippen molar-refractivity contribution in [1.29, 1.82) is 0 Å². The second kappa shape index (κ2) is 7.58. The lowest BCUT2D eigenvalue weighted by Gasteiger charge is -2.60. The fraction of sp³-hybridized carbons (Fsp3) is 0.880. The van der Waals surface area contributed by atoms with E-state index in [1.807, 2.05) is 0 Å². The number of fused-ring (bicyclic) bond motifs is 5. The second-order valence-corrected chi connectivity index (χ2v) is 11.0. The SMILES string of the molecule is C[C@H](CC#COC(=O)O)[C@H]1CC[C@H]2[C@@H]3CCC4CCCC[C@]4(C)[C@H]3CC[C@]12C. The summed E-state index contributed by atoms with van der Waals surface area (Å²) in [5.74, 6) is 7.97. The maximum absolute atomic E-state index is 10.5. The monoisotopic (exact) mass is 386 g/mol. The fourth-order valence-electron chi connectivity index (χ4n) is 8.70. The topological polar surface area (TPSA) is 46.5 Å². The summed E-state index contributed by atoms with van der Waals surface area (Å²) in [6.45, 7) is 7.56. The zero-order valence-corrected chi connectivity index (χ0v) is 18.0. The van der Waals surface area contributed by atoms with Gasteiger partial charge in [-0.05, 0) is 97.7 Å². The first-order valence-electron chi connectivity index (χ1n) is 11.7. The van der Waals surface area contributed by atoms with Crippen LogP contribution in [0.25, 0.3) is 0 Å². The fourth-order valence-corrected chi connectivity index (χ4v) is 8.70. The third kappa shape index (κ3) is 3.25. The van der Waals surface area contributed by atoms with Gasteiger partial charge in [0, 0.05) is 6.42 Å². The van der Waals surface area contributed by atoms with Gasteiger partial charge in [0.15, 0.2) is 0 Å². The van der Waals surface area contributed by atoms with Crippen molar-refractivity contribution in [3.05, 3.63) is 0 Å². The number of carbonyl (C=O) groups is 1. The van der Waals surface area contributed by atoms with Crippen molar-refractivity contribution in [3.8, 4) is 12.0 Å². The minimum Gasteiger partial charge on any atom is -0.449 e. The molecule has 0 saturated heterocycles. The van der Waals surface area contributed by atoms with Crippen LogP contribution in [-0.4, -0.2) is 11.3 Å². The Labute approximate surface area is 171 Å². The molecule has 156 valence electrons. The molecule has 4 aliphatic carbocycles. The Kier molecular flexibility index (Phi) is 5.45. The first kappa shape index (κ1) is 20.1. The van der Waals surface area contributed by atoms with E-state index in [1.54, 1.807) is 0 Å². The lowest BCUT2D eigenvalue weighted by Crippen LogP contribution is -2.53. The number of hydrogen-bond acceptors (Lipinski definition) is 2. The molecule has 0 amide bonds.